The topological polar surface area (TPSA) is 100 Å². The van der Waals surface area contributed by atoms with Crippen LogP contribution in [0.2, 0.25) is 0 Å². The second-order valence-electron chi connectivity index (χ2n) is 9.08. The molecule has 2 aliphatic rings. The van der Waals surface area contributed by atoms with Gasteiger partial charge >= 0.3 is 0 Å². The summed E-state index contributed by atoms with van der Waals surface area (Å²) in [7, 11) is 0. The van der Waals surface area contributed by atoms with Crippen LogP contribution in [0.15, 0.2) is 59.9 Å². The number of benzene rings is 1. The molecule has 2 saturated heterocycles. The van der Waals surface area contributed by atoms with Gasteiger partial charge in [0.15, 0.2) is 0 Å². The molecule has 0 spiro atoms. The molecule has 0 unspecified atom stereocenters. The highest BCUT2D eigenvalue weighted by Gasteiger charge is 2.18. The van der Waals surface area contributed by atoms with Gasteiger partial charge in [0.05, 0.1) is 30.8 Å². The number of fused-ring (bicyclic) bond motifs is 1. The molecule has 2 aliphatic heterocycles. The van der Waals surface area contributed by atoms with Crippen molar-refractivity contribution < 1.29 is 4.74 Å². The largest absolute Gasteiger partial charge is 0.378 e. The van der Waals surface area contributed by atoms with Crippen molar-refractivity contribution in [2.45, 2.75) is 18.9 Å². The van der Waals surface area contributed by atoms with E-state index in [0.29, 0.717) is 17.2 Å². The molecule has 180 valence electrons. The zero-order valence-corrected chi connectivity index (χ0v) is 19.5. The summed E-state index contributed by atoms with van der Waals surface area (Å²) in [6, 6.07) is 10.5. The minimum atomic E-state index is -0.171. The zero-order valence-electron chi connectivity index (χ0n) is 19.5. The predicted octanol–water partition coefficient (Wildman–Crippen LogP) is 3.29. The number of hydrogen-bond donors (Lipinski definition) is 3. The van der Waals surface area contributed by atoms with Crippen molar-refractivity contribution in [1.29, 1.82) is 0 Å². The summed E-state index contributed by atoms with van der Waals surface area (Å²) in [4.78, 5) is 22.7. The first kappa shape index (κ1) is 21.8. The van der Waals surface area contributed by atoms with Crippen molar-refractivity contribution in [1.82, 2.24) is 25.1 Å². The summed E-state index contributed by atoms with van der Waals surface area (Å²) >= 11 is 0. The molecule has 0 atom stereocenters. The summed E-state index contributed by atoms with van der Waals surface area (Å²) in [5.74, 6) is 0.537. The SMILES string of the molecule is O=c1[nH]ccc2c(-c3cnn(C4CCNCC4)c3)cnc(Nc3ccc(N4CCOCC4)cc3)c12. The molecule has 0 saturated carbocycles. The number of H-pyrrole nitrogens is 1. The number of piperidine rings is 1. The normalized spacial score (nSPS) is 17.1. The van der Waals surface area contributed by atoms with Crippen LogP contribution in [-0.2, 0) is 4.74 Å². The maximum atomic E-state index is 12.9. The number of morpholine rings is 1. The second-order valence-corrected chi connectivity index (χ2v) is 9.08. The van der Waals surface area contributed by atoms with Gasteiger partial charge in [-0.2, -0.15) is 5.10 Å². The van der Waals surface area contributed by atoms with Crippen LogP contribution >= 0.6 is 0 Å². The molecular formula is C26H29N7O2. The molecule has 2 fully saturated rings. The van der Waals surface area contributed by atoms with E-state index in [1.165, 1.54) is 0 Å². The second kappa shape index (κ2) is 9.52. The van der Waals surface area contributed by atoms with Crippen LogP contribution in [-0.4, -0.2) is 59.1 Å². The fourth-order valence-corrected chi connectivity index (χ4v) is 4.99. The number of aromatic nitrogens is 4. The predicted molar refractivity (Wildman–Crippen MR) is 137 cm³/mol. The van der Waals surface area contributed by atoms with Crippen LogP contribution in [0.5, 0.6) is 0 Å². The van der Waals surface area contributed by atoms with E-state index < -0.39 is 0 Å². The van der Waals surface area contributed by atoms with Gasteiger partial charge in [-0.3, -0.25) is 9.48 Å². The number of hydrogen-bond acceptors (Lipinski definition) is 7. The van der Waals surface area contributed by atoms with Gasteiger partial charge in [0.25, 0.3) is 5.56 Å². The quantitative estimate of drug-likeness (QED) is 0.411. The molecule has 3 N–H and O–H groups in total. The Bertz CT molecular complexity index is 1370. The molecule has 35 heavy (non-hydrogen) atoms. The molecule has 0 aliphatic carbocycles. The minimum Gasteiger partial charge on any atom is -0.378 e. The molecule has 1 aromatic carbocycles. The number of nitrogens with one attached hydrogen (secondary N) is 3. The molecule has 9 nitrogen and oxygen atoms in total. The van der Waals surface area contributed by atoms with Crippen molar-refractivity contribution in [3.8, 4) is 11.1 Å². The molecule has 0 amide bonds. The smallest absolute Gasteiger partial charge is 0.259 e. The van der Waals surface area contributed by atoms with Gasteiger partial charge < -0.3 is 25.3 Å². The van der Waals surface area contributed by atoms with E-state index in [2.05, 4.69) is 53.6 Å². The first-order chi connectivity index (χ1) is 17.3. The van der Waals surface area contributed by atoms with Crippen LogP contribution in [0, 0.1) is 0 Å². The Morgan fingerprint density at radius 1 is 1.03 bits per heavy atom. The number of pyridine rings is 2. The van der Waals surface area contributed by atoms with Gasteiger partial charge in [0.2, 0.25) is 0 Å². The van der Waals surface area contributed by atoms with Crippen molar-refractivity contribution in [3.63, 3.8) is 0 Å². The first-order valence-electron chi connectivity index (χ1n) is 12.2. The van der Waals surface area contributed by atoms with Gasteiger partial charge in [0, 0.05) is 59.6 Å². The van der Waals surface area contributed by atoms with E-state index in [1.54, 1.807) is 6.20 Å². The van der Waals surface area contributed by atoms with E-state index in [0.717, 1.165) is 80.1 Å². The van der Waals surface area contributed by atoms with E-state index >= 15 is 0 Å². The van der Waals surface area contributed by atoms with Gasteiger partial charge in [-0.25, -0.2) is 4.98 Å². The summed E-state index contributed by atoms with van der Waals surface area (Å²) in [6.07, 6.45) is 9.59. The van der Waals surface area contributed by atoms with Crippen molar-refractivity contribution in [3.05, 3.63) is 65.5 Å². The van der Waals surface area contributed by atoms with E-state index in [1.807, 2.05) is 30.6 Å². The standard InChI is InChI=1S/C26H29N7O2/c34-26-24-22(7-10-28-26)23(18-15-30-33(17-18)21-5-8-27-9-6-21)16-29-25(24)31-19-1-3-20(4-2-19)32-11-13-35-14-12-32/h1-4,7,10,15-17,21,27H,5-6,8-9,11-14H2,(H,28,34)(H,29,31). The lowest BCUT2D eigenvalue weighted by Crippen LogP contribution is -2.36. The molecule has 4 aromatic rings. The number of ether oxygens (including phenoxy) is 1. The van der Waals surface area contributed by atoms with E-state index in [-0.39, 0.29) is 5.56 Å². The van der Waals surface area contributed by atoms with Gasteiger partial charge in [-0.15, -0.1) is 0 Å². The molecule has 9 heteroatoms. The van der Waals surface area contributed by atoms with Crippen molar-refractivity contribution >= 4 is 28.0 Å². The van der Waals surface area contributed by atoms with Crippen LogP contribution in [0.1, 0.15) is 18.9 Å². The number of anilines is 3. The number of nitrogens with zero attached hydrogens (tertiary/aromatic N) is 4. The van der Waals surface area contributed by atoms with Crippen LogP contribution in [0.3, 0.4) is 0 Å². The Morgan fingerprint density at radius 2 is 1.83 bits per heavy atom. The Labute approximate surface area is 203 Å². The van der Waals surface area contributed by atoms with Crippen LogP contribution < -0.4 is 21.1 Å². The lowest BCUT2D eigenvalue weighted by Gasteiger charge is -2.28. The summed E-state index contributed by atoms with van der Waals surface area (Å²) < 4.78 is 7.50. The summed E-state index contributed by atoms with van der Waals surface area (Å²) in [5, 5.41) is 12.8. The average Bonchev–Trinajstić information content (AvgIpc) is 3.41. The lowest BCUT2D eigenvalue weighted by molar-refractivity contribution is 0.122. The monoisotopic (exact) mass is 471 g/mol. The number of aromatic amines is 1. The zero-order chi connectivity index (χ0) is 23.6. The fraction of sp³-hybridized carbons (Fsp3) is 0.346. The van der Waals surface area contributed by atoms with Crippen molar-refractivity contribution in [2.75, 3.05) is 49.6 Å². The van der Waals surface area contributed by atoms with Gasteiger partial charge in [0.1, 0.15) is 5.82 Å². The summed E-state index contributed by atoms with van der Waals surface area (Å²) in [5.41, 5.74) is 3.74. The highest BCUT2D eigenvalue weighted by atomic mass is 16.5. The molecule has 3 aromatic heterocycles. The third-order valence-corrected chi connectivity index (χ3v) is 6.91. The first-order valence-corrected chi connectivity index (χ1v) is 12.2. The van der Waals surface area contributed by atoms with Gasteiger partial charge in [-0.05, 0) is 56.3 Å². The Kier molecular flexibility index (Phi) is 5.93. The Hall–Kier alpha value is -3.69. The third kappa shape index (κ3) is 4.40. The highest BCUT2D eigenvalue weighted by molar-refractivity contribution is 6.01. The Balaban J connectivity index is 1.30. The molecule has 0 radical (unpaired) electrons. The maximum absolute atomic E-state index is 12.9. The van der Waals surface area contributed by atoms with E-state index in [9.17, 15) is 4.79 Å². The lowest BCUT2D eigenvalue weighted by atomic mass is 10.0. The minimum absolute atomic E-state index is 0.171. The summed E-state index contributed by atoms with van der Waals surface area (Å²) in [6.45, 7) is 5.30. The van der Waals surface area contributed by atoms with Crippen LogP contribution in [0.25, 0.3) is 21.9 Å². The van der Waals surface area contributed by atoms with E-state index in [4.69, 9.17) is 4.74 Å². The molecule has 0 bridgehead atoms. The third-order valence-electron chi connectivity index (χ3n) is 6.91. The molecule has 6 rings (SSSR count). The van der Waals surface area contributed by atoms with Crippen molar-refractivity contribution in [2.24, 2.45) is 0 Å². The van der Waals surface area contributed by atoms with Crippen LogP contribution in [0.4, 0.5) is 17.2 Å². The highest BCUT2D eigenvalue weighted by Crippen LogP contribution is 2.32. The molecule has 5 heterocycles. The molecular weight excluding hydrogens is 442 g/mol. The number of rotatable bonds is 5. The van der Waals surface area contributed by atoms with Gasteiger partial charge in [-0.1, -0.05) is 0 Å². The fourth-order valence-electron chi connectivity index (χ4n) is 4.99. The average molecular weight is 472 g/mol. The Morgan fingerprint density at radius 3 is 2.63 bits per heavy atom. The maximum Gasteiger partial charge on any atom is 0.259 e.